The van der Waals surface area contributed by atoms with Crippen LogP contribution in [0.3, 0.4) is 0 Å². The van der Waals surface area contributed by atoms with Crippen LogP contribution in [0, 0.1) is 0 Å². The van der Waals surface area contributed by atoms with E-state index in [2.05, 4.69) is 12.2 Å². The molecule has 102 valence electrons. The van der Waals surface area contributed by atoms with E-state index < -0.39 is 0 Å². The summed E-state index contributed by atoms with van der Waals surface area (Å²) < 4.78 is 5.59. The van der Waals surface area contributed by atoms with Crippen LogP contribution in [-0.4, -0.2) is 19.7 Å². The van der Waals surface area contributed by atoms with Crippen LogP contribution in [0.5, 0.6) is 5.75 Å². The largest absolute Gasteiger partial charge is 0.491 e. The van der Waals surface area contributed by atoms with Gasteiger partial charge in [-0.25, -0.2) is 0 Å². The lowest BCUT2D eigenvalue weighted by molar-refractivity contribution is 0.313. The minimum atomic E-state index is 0.665. The molecule has 0 aromatic heterocycles. The monoisotopic (exact) mass is 269 g/mol. The van der Waals surface area contributed by atoms with Gasteiger partial charge >= 0.3 is 0 Å². The van der Waals surface area contributed by atoms with Gasteiger partial charge in [-0.15, -0.1) is 0 Å². The molecular weight excluding hydrogens is 246 g/mol. The van der Waals surface area contributed by atoms with Gasteiger partial charge in [0.2, 0.25) is 0 Å². The second kappa shape index (κ2) is 10.2. The van der Waals surface area contributed by atoms with E-state index in [4.69, 9.17) is 16.3 Å². The summed E-state index contributed by atoms with van der Waals surface area (Å²) in [6, 6.07) is 7.58. The van der Waals surface area contributed by atoms with Gasteiger partial charge in [-0.05, 0) is 25.1 Å². The van der Waals surface area contributed by atoms with Crippen molar-refractivity contribution in [3.05, 3.63) is 29.3 Å². The van der Waals surface area contributed by atoms with Crippen LogP contribution in [0.15, 0.2) is 24.3 Å². The summed E-state index contributed by atoms with van der Waals surface area (Å²) in [7, 11) is 0. The Morgan fingerprint density at radius 1 is 1.06 bits per heavy atom. The number of benzene rings is 1. The first-order chi connectivity index (χ1) is 8.84. The molecule has 0 bridgehead atoms. The smallest absolute Gasteiger partial charge is 0.137 e. The molecule has 18 heavy (non-hydrogen) atoms. The average molecular weight is 270 g/mol. The maximum Gasteiger partial charge on any atom is 0.137 e. The van der Waals surface area contributed by atoms with E-state index >= 15 is 0 Å². The normalized spacial score (nSPS) is 10.6. The number of rotatable bonds is 10. The van der Waals surface area contributed by atoms with Crippen LogP contribution >= 0.6 is 11.6 Å². The third-order valence-electron chi connectivity index (χ3n) is 2.83. The van der Waals surface area contributed by atoms with Crippen LogP contribution in [0.25, 0.3) is 0 Å². The topological polar surface area (TPSA) is 21.3 Å². The third-order valence-corrected chi connectivity index (χ3v) is 3.14. The van der Waals surface area contributed by atoms with Gasteiger partial charge in [0.05, 0.1) is 5.02 Å². The van der Waals surface area contributed by atoms with Crippen LogP contribution in [-0.2, 0) is 0 Å². The highest BCUT2D eigenvalue weighted by molar-refractivity contribution is 6.32. The van der Waals surface area contributed by atoms with E-state index in [1.807, 2.05) is 24.3 Å². The molecule has 1 aromatic rings. The second-order valence-electron chi connectivity index (χ2n) is 4.44. The molecule has 1 rings (SSSR count). The SMILES string of the molecule is CCCCCCCNCCOc1ccccc1Cl. The van der Waals surface area contributed by atoms with Gasteiger partial charge < -0.3 is 10.1 Å². The van der Waals surface area contributed by atoms with Crippen molar-refractivity contribution < 1.29 is 4.74 Å². The number of ether oxygens (including phenoxy) is 1. The van der Waals surface area contributed by atoms with Gasteiger partial charge in [0, 0.05) is 6.54 Å². The van der Waals surface area contributed by atoms with Crippen molar-refractivity contribution in [2.24, 2.45) is 0 Å². The second-order valence-corrected chi connectivity index (χ2v) is 4.85. The first kappa shape index (κ1) is 15.3. The summed E-state index contributed by atoms with van der Waals surface area (Å²) in [5, 5.41) is 4.06. The molecule has 0 fully saturated rings. The first-order valence-corrected chi connectivity index (χ1v) is 7.30. The van der Waals surface area contributed by atoms with E-state index in [0.29, 0.717) is 11.6 Å². The standard InChI is InChI=1S/C15H24ClNO/c1-2-3-4-5-8-11-17-12-13-18-15-10-7-6-9-14(15)16/h6-7,9-10,17H,2-5,8,11-13H2,1H3. The Balaban J connectivity index is 1.94. The fourth-order valence-corrected chi connectivity index (χ4v) is 1.96. The van der Waals surface area contributed by atoms with Crippen LogP contribution < -0.4 is 10.1 Å². The molecule has 0 unspecified atom stereocenters. The van der Waals surface area contributed by atoms with Crippen molar-refractivity contribution in [3.8, 4) is 5.75 Å². The van der Waals surface area contributed by atoms with Crippen molar-refractivity contribution in [2.45, 2.75) is 39.0 Å². The number of hydrogen-bond acceptors (Lipinski definition) is 2. The molecule has 0 heterocycles. The Morgan fingerprint density at radius 2 is 1.83 bits per heavy atom. The van der Waals surface area contributed by atoms with Gasteiger partial charge in [0.1, 0.15) is 12.4 Å². The highest BCUT2D eigenvalue weighted by atomic mass is 35.5. The maximum absolute atomic E-state index is 5.99. The van der Waals surface area contributed by atoms with Gasteiger partial charge in [-0.2, -0.15) is 0 Å². The lowest BCUT2D eigenvalue weighted by Crippen LogP contribution is -2.22. The Labute approximate surface area is 116 Å². The van der Waals surface area contributed by atoms with Crippen molar-refractivity contribution in [1.29, 1.82) is 0 Å². The molecule has 0 atom stereocenters. The zero-order valence-electron chi connectivity index (χ0n) is 11.3. The predicted molar refractivity (Wildman–Crippen MR) is 78.6 cm³/mol. The first-order valence-electron chi connectivity index (χ1n) is 6.92. The summed E-state index contributed by atoms with van der Waals surface area (Å²) in [4.78, 5) is 0. The number of para-hydroxylation sites is 1. The van der Waals surface area contributed by atoms with E-state index in [1.165, 1.54) is 32.1 Å². The molecular formula is C15H24ClNO. The van der Waals surface area contributed by atoms with Gasteiger partial charge in [0.15, 0.2) is 0 Å². The Morgan fingerprint density at radius 3 is 2.61 bits per heavy atom. The number of unbranched alkanes of at least 4 members (excludes halogenated alkanes) is 4. The number of halogens is 1. The summed E-state index contributed by atoms with van der Waals surface area (Å²) in [5.74, 6) is 0.768. The highest BCUT2D eigenvalue weighted by Crippen LogP contribution is 2.22. The molecule has 0 saturated heterocycles. The minimum absolute atomic E-state index is 0.665. The van der Waals surface area contributed by atoms with Crippen LogP contribution in [0.1, 0.15) is 39.0 Å². The van der Waals surface area contributed by atoms with Crippen LogP contribution in [0.4, 0.5) is 0 Å². The fourth-order valence-electron chi connectivity index (χ4n) is 1.77. The highest BCUT2D eigenvalue weighted by Gasteiger charge is 1.98. The molecule has 3 heteroatoms. The molecule has 0 aliphatic rings. The molecule has 0 aliphatic heterocycles. The van der Waals surface area contributed by atoms with Gasteiger partial charge in [-0.1, -0.05) is 56.3 Å². The van der Waals surface area contributed by atoms with Crippen molar-refractivity contribution >= 4 is 11.6 Å². The van der Waals surface area contributed by atoms with E-state index in [-0.39, 0.29) is 0 Å². The Kier molecular flexibility index (Phi) is 8.70. The minimum Gasteiger partial charge on any atom is -0.491 e. The maximum atomic E-state index is 5.99. The molecule has 0 saturated carbocycles. The Bertz CT molecular complexity index is 317. The third kappa shape index (κ3) is 6.87. The molecule has 0 radical (unpaired) electrons. The predicted octanol–water partition coefficient (Wildman–Crippen LogP) is 4.28. The zero-order chi connectivity index (χ0) is 13.1. The lowest BCUT2D eigenvalue weighted by atomic mass is 10.1. The van der Waals surface area contributed by atoms with Crippen LogP contribution in [0.2, 0.25) is 5.02 Å². The van der Waals surface area contributed by atoms with E-state index in [0.717, 1.165) is 18.8 Å². The Hall–Kier alpha value is -0.730. The lowest BCUT2D eigenvalue weighted by Gasteiger charge is -2.08. The molecule has 0 amide bonds. The van der Waals surface area contributed by atoms with Gasteiger partial charge in [0.25, 0.3) is 0 Å². The number of nitrogens with one attached hydrogen (secondary N) is 1. The molecule has 2 nitrogen and oxygen atoms in total. The van der Waals surface area contributed by atoms with Gasteiger partial charge in [-0.3, -0.25) is 0 Å². The quantitative estimate of drug-likeness (QED) is 0.640. The summed E-state index contributed by atoms with van der Waals surface area (Å²) in [5.41, 5.74) is 0. The molecule has 1 N–H and O–H groups in total. The molecule has 1 aromatic carbocycles. The zero-order valence-corrected chi connectivity index (χ0v) is 12.0. The summed E-state index contributed by atoms with van der Waals surface area (Å²) in [6.07, 6.45) is 6.60. The fraction of sp³-hybridized carbons (Fsp3) is 0.600. The average Bonchev–Trinajstić information content (AvgIpc) is 2.39. The number of hydrogen-bond donors (Lipinski definition) is 1. The summed E-state index contributed by atoms with van der Waals surface area (Å²) in [6.45, 7) is 4.86. The van der Waals surface area contributed by atoms with Crippen molar-refractivity contribution in [2.75, 3.05) is 19.7 Å². The van der Waals surface area contributed by atoms with Crippen molar-refractivity contribution in [3.63, 3.8) is 0 Å². The van der Waals surface area contributed by atoms with E-state index in [1.54, 1.807) is 0 Å². The van der Waals surface area contributed by atoms with E-state index in [9.17, 15) is 0 Å². The van der Waals surface area contributed by atoms with Crippen molar-refractivity contribution in [1.82, 2.24) is 5.32 Å². The molecule has 0 spiro atoms. The summed E-state index contributed by atoms with van der Waals surface area (Å²) >= 11 is 5.99. The molecule has 0 aliphatic carbocycles.